The third-order valence-corrected chi connectivity index (χ3v) is 7.54. The molecule has 1 aliphatic carbocycles. The smallest absolute Gasteiger partial charge is 0.252 e. The number of carbonyl (C=O) groups excluding carboxylic acids is 2. The topological polar surface area (TPSA) is 138 Å². The Morgan fingerprint density at radius 1 is 1.15 bits per heavy atom. The van der Waals surface area contributed by atoms with Crippen LogP contribution in [0.4, 0.5) is 0 Å². The van der Waals surface area contributed by atoms with Crippen LogP contribution in [0.25, 0.3) is 0 Å². The molecular formula is C29H34N2O8. The summed E-state index contributed by atoms with van der Waals surface area (Å²) < 4.78 is 17.5. The van der Waals surface area contributed by atoms with E-state index in [9.17, 15) is 24.9 Å². The van der Waals surface area contributed by atoms with Crippen molar-refractivity contribution < 1.29 is 39.1 Å². The standard InChI is InChI=1S/C29H34N2O8/c1-37-23-13-18(16-33)12-19-24-20(28(35)30-9-10-32)14-21(25(34)27(24)39-26(19)23)31(15-17-6-3-2-4-7-17)29(36)22-8-5-11-38-22/h2-4,6-7,12-14,21-22,24-25,27,32-34H,5,8-11,15-16H2,1H3,(H,30,35). The molecule has 5 atom stereocenters. The van der Waals surface area contributed by atoms with E-state index in [-0.39, 0.29) is 32.2 Å². The molecule has 39 heavy (non-hydrogen) atoms. The van der Waals surface area contributed by atoms with Gasteiger partial charge in [-0.05, 0) is 42.2 Å². The van der Waals surface area contributed by atoms with Gasteiger partial charge in [0.1, 0.15) is 18.3 Å². The molecule has 5 unspecified atom stereocenters. The summed E-state index contributed by atoms with van der Waals surface area (Å²) >= 11 is 0. The number of amides is 2. The Morgan fingerprint density at radius 3 is 2.62 bits per heavy atom. The van der Waals surface area contributed by atoms with Gasteiger partial charge in [-0.2, -0.15) is 0 Å². The molecule has 2 amide bonds. The van der Waals surface area contributed by atoms with Crippen molar-refractivity contribution in [3.63, 3.8) is 0 Å². The van der Waals surface area contributed by atoms with Gasteiger partial charge in [-0.1, -0.05) is 30.3 Å². The van der Waals surface area contributed by atoms with Gasteiger partial charge < -0.3 is 39.7 Å². The van der Waals surface area contributed by atoms with Crippen molar-refractivity contribution >= 4 is 11.8 Å². The lowest BCUT2D eigenvalue weighted by atomic mass is 9.77. The molecule has 2 aliphatic heterocycles. The SMILES string of the molecule is COc1cc(CO)cc2c1OC1C2C(C(=O)NCCO)=CC(N(Cc2ccccc2)C(=O)C2CCCO2)C1O. The monoisotopic (exact) mass is 538 g/mol. The zero-order valence-electron chi connectivity index (χ0n) is 21.8. The molecule has 10 nitrogen and oxygen atoms in total. The molecule has 2 aromatic carbocycles. The summed E-state index contributed by atoms with van der Waals surface area (Å²) in [4.78, 5) is 28.8. The summed E-state index contributed by atoms with van der Waals surface area (Å²) in [5, 5.41) is 33.6. The van der Waals surface area contributed by atoms with E-state index in [0.29, 0.717) is 41.2 Å². The van der Waals surface area contributed by atoms with Crippen molar-refractivity contribution in [1.82, 2.24) is 10.2 Å². The Hall–Kier alpha value is -3.44. The van der Waals surface area contributed by atoms with Gasteiger partial charge in [0, 0.05) is 30.8 Å². The summed E-state index contributed by atoms with van der Waals surface area (Å²) in [5.41, 5.74) is 2.34. The van der Waals surface area contributed by atoms with Gasteiger partial charge in [0.05, 0.1) is 32.3 Å². The van der Waals surface area contributed by atoms with Gasteiger partial charge in [-0.15, -0.1) is 0 Å². The summed E-state index contributed by atoms with van der Waals surface area (Å²) in [7, 11) is 1.48. The fourth-order valence-electron chi connectivity index (χ4n) is 5.69. The van der Waals surface area contributed by atoms with Crippen molar-refractivity contribution in [2.75, 3.05) is 26.9 Å². The van der Waals surface area contributed by atoms with E-state index in [4.69, 9.17) is 14.2 Å². The fraction of sp³-hybridized carbons (Fsp3) is 0.448. The number of benzene rings is 2. The van der Waals surface area contributed by atoms with Crippen molar-refractivity contribution in [3.8, 4) is 11.5 Å². The average molecular weight is 539 g/mol. The minimum Gasteiger partial charge on any atom is -0.493 e. The van der Waals surface area contributed by atoms with Crippen molar-refractivity contribution in [2.24, 2.45) is 0 Å². The van der Waals surface area contributed by atoms with E-state index >= 15 is 0 Å². The molecule has 5 rings (SSSR count). The quantitative estimate of drug-likeness (QED) is 0.371. The molecule has 1 saturated heterocycles. The second-order valence-electron chi connectivity index (χ2n) is 9.97. The number of nitrogens with one attached hydrogen (secondary N) is 1. The lowest BCUT2D eigenvalue weighted by Crippen LogP contribution is -2.57. The number of aliphatic hydroxyl groups is 3. The van der Waals surface area contributed by atoms with Gasteiger partial charge in [0.25, 0.3) is 5.91 Å². The fourth-order valence-corrected chi connectivity index (χ4v) is 5.69. The van der Waals surface area contributed by atoms with Crippen molar-refractivity contribution in [1.29, 1.82) is 0 Å². The average Bonchev–Trinajstić information content (AvgIpc) is 3.64. The minimum atomic E-state index is -1.19. The number of rotatable bonds is 9. The Kier molecular flexibility index (Phi) is 8.18. The molecule has 0 bridgehead atoms. The van der Waals surface area contributed by atoms with Gasteiger partial charge in [-0.25, -0.2) is 0 Å². The summed E-state index contributed by atoms with van der Waals surface area (Å²) in [6.45, 7) is 0.237. The Morgan fingerprint density at radius 2 is 1.95 bits per heavy atom. The highest BCUT2D eigenvalue weighted by molar-refractivity contribution is 5.96. The van der Waals surface area contributed by atoms with Gasteiger partial charge >= 0.3 is 0 Å². The zero-order valence-corrected chi connectivity index (χ0v) is 21.8. The molecule has 4 N–H and O–H groups in total. The van der Waals surface area contributed by atoms with Crippen LogP contribution >= 0.6 is 0 Å². The number of hydrogen-bond donors (Lipinski definition) is 4. The Bertz CT molecular complexity index is 1230. The number of nitrogens with zero attached hydrogens (tertiary/aromatic N) is 1. The number of fused-ring (bicyclic) bond motifs is 3. The van der Waals surface area contributed by atoms with Crippen LogP contribution < -0.4 is 14.8 Å². The van der Waals surface area contributed by atoms with Crippen LogP contribution in [-0.2, 0) is 27.5 Å². The molecule has 10 heteroatoms. The molecule has 2 aromatic rings. The lowest BCUT2D eigenvalue weighted by Gasteiger charge is -2.41. The first kappa shape index (κ1) is 27.1. The van der Waals surface area contributed by atoms with E-state index in [1.807, 2.05) is 30.3 Å². The van der Waals surface area contributed by atoms with Crippen LogP contribution in [0.3, 0.4) is 0 Å². The predicted molar refractivity (Wildman–Crippen MR) is 140 cm³/mol. The van der Waals surface area contributed by atoms with Crippen LogP contribution in [0.1, 0.15) is 35.4 Å². The minimum absolute atomic E-state index is 0.0388. The number of hydrogen-bond acceptors (Lipinski definition) is 8. The van der Waals surface area contributed by atoms with Gasteiger partial charge in [-0.3, -0.25) is 9.59 Å². The summed E-state index contributed by atoms with van der Waals surface area (Å²) in [6.07, 6.45) is 0.258. The first-order valence-corrected chi connectivity index (χ1v) is 13.2. The largest absolute Gasteiger partial charge is 0.493 e. The third-order valence-electron chi connectivity index (χ3n) is 7.54. The molecule has 0 spiro atoms. The van der Waals surface area contributed by atoms with E-state index in [0.717, 1.165) is 12.0 Å². The molecule has 1 fully saturated rings. The first-order valence-electron chi connectivity index (χ1n) is 13.2. The number of carbonyl (C=O) groups is 2. The van der Waals surface area contributed by atoms with E-state index in [1.165, 1.54) is 7.11 Å². The lowest BCUT2D eigenvalue weighted by molar-refractivity contribution is -0.147. The first-order chi connectivity index (χ1) is 19.0. The maximum absolute atomic E-state index is 13.8. The Balaban J connectivity index is 1.59. The second kappa shape index (κ2) is 11.7. The number of ether oxygens (including phenoxy) is 3. The van der Waals surface area contributed by atoms with Gasteiger partial charge in [0.2, 0.25) is 5.91 Å². The Labute approximate surface area is 226 Å². The summed E-state index contributed by atoms with van der Waals surface area (Å²) in [5.74, 6) is -0.626. The van der Waals surface area contributed by atoms with Crippen molar-refractivity contribution in [2.45, 2.75) is 56.3 Å². The van der Waals surface area contributed by atoms with Crippen LogP contribution in [0.5, 0.6) is 11.5 Å². The number of aliphatic hydroxyl groups excluding tert-OH is 3. The maximum atomic E-state index is 13.8. The molecule has 208 valence electrons. The zero-order chi connectivity index (χ0) is 27.5. The molecule has 0 aromatic heterocycles. The molecule has 0 radical (unpaired) electrons. The molecule has 3 aliphatic rings. The second-order valence-corrected chi connectivity index (χ2v) is 9.97. The van der Waals surface area contributed by atoms with Crippen LogP contribution in [-0.4, -0.2) is 83.3 Å². The third kappa shape index (κ3) is 5.25. The predicted octanol–water partition coefficient (Wildman–Crippen LogP) is 1.02. The molecule has 2 heterocycles. The maximum Gasteiger partial charge on any atom is 0.252 e. The van der Waals surface area contributed by atoms with E-state index in [1.54, 1.807) is 23.1 Å². The highest BCUT2D eigenvalue weighted by Gasteiger charge is 2.52. The normalized spacial score (nSPS) is 25.2. The van der Waals surface area contributed by atoms with E-state index in [2.05, 4.69) is 5.32 Å². The highest BCUT2D eigenvalue weighted by atomic mass is 16.5. The molecular weight excluding hydrogens is 504 g/mol. The van der Waals surface area contributed by atoms with E-state index < -0.39 is 36.2 Å². The number of methoxy groups -OCH3 is 1. The van der Waals surface area contributed by atoms with Crippen LogP contribution in [0.2, 0.25) is 0 Å². The van der Waals surface area contributed by atoms with Crippen molar-refractivity contribution in [3.05, 3.63) is 70.8 Å². The van der Waals surface area contributed by atoms with Gasteiger partial charge in [0.15, 0.2) is 11.5 Å². The highest BCUT2D eigenvalue weighted by Crippen LogP contribution is 2.51. The van der Waals surface area contributed by atoms with Crippen LogP contribution in [0, 0.1) is 0 Å². The molecule has 0 saturated carbocycles. The summed E-state index contributed by atoms with van der Waals surface area (Å²) in [6, 6.07) is 11.9. The van der Waals surface area contributed by atoms with Crippen LogP contribution in [0.15, 0.2) is 54.1 Å².